The predicted molar refractivity (Wildman–Crippen MR) is 95.8 cm³/mol. The van der Waals surface area contributed by atoms with Crippen molar-refractivity contribution in [3.63, 3.8) is 0 Å². The van der Waals surface area contributed by atoms with Gasteiger partial charge in [-0.05, 0) is 42.3 Å². The molecular formula is C21H21NO. The summed E-state index contributed by atoms with van der Waals surface area (Å²) in [4.78, 5) is 0. The zero-order valence-electron chi connectivity index (χ0n) is 13.3. The summed E-state index contributed by atoms with van der Waals surface area (Å²) in [5.74, 6) is 0. The molecular weight excluding hydrogens is 282 g/mol. The third-order valence-electron chi connectivity index (χ3n) is 3.67. The summed E-state index contributed by atoms with van der Waals surface area (Å²) >= 11 is 0. The first kappa shape index (κ1) is 15.3. The summed E-state index contributed by atoms with van der Waals surface area (Å²) < 4.78 is 5.76. The normalized spacial score (nSPS) is 10.5. The fourth-order valence-electron chi connectivity index (χ4n) is 2.35. The summed E-state index contributed by atoms with van der Waals surface area (Å²) in [7, 11) is 0. The molecule has 116 valence electrons. The third-order valence-corrected chi connectivity index (χ3v) is 3.67. The molecule has 0 saturated carbocycles. The van der Waals surface area contributed by atoms with Gasteiger partial charge in [0, 0.05) is 11.4 Å². The Hall–Kier alpha value is -2.58. The molecule has 0 spiro atoms. The fraction of sp³-hybridized carbons (Fsp3) is 0.143. The largest absolute Gasteiger partial charge is 0.372 e. The van der Waals surface area contributed by atoms with Crippen LogP contribution in [0.15, 0.2) is 78.9 Å². The van der Waals surface area contributed by atoms with Crippen molar-refractivity contribution in [2.24, 2.45) is 0 Å². The van der Waals surface area contributed by atoms with Gasteiger partial charge in [-0.2, -0.15) is 0 Å². The monoisotopic (exact) mass is 303 g/mol. The molecule has 0 heterocycles. The average molecular weight is 303 g/mol. The number of nitrogens with one attached hydrogen (secondary N) is 1. The summed E-state index contributed by atoms with van der Waals surface area (Å²) in [5, 5.41) is 3.40. The van der Waals surface area contributed by atoms with Crippen molar-refractivity contribution in [1.29, 1.82) is 0 Å². The molecule has 0 bridgehead atoms. The van der Waals surface area contributed by atoms with E-state index in [9.17, 15) is 0 Å². The quantitative estimate of drug-likeness (QED) is 0.653. The van der Waals surface area contributed by atoms with Gasteiger partial charge in [0.05, 0.1) is 13.2 Å². The number of rotatable bonds is 6. The van der Waals surface area contributed by atoms with E-state index in [4.69, 9.17) is 4.74 Å². The number of hydrogen-bond donors (Lipinski definition) is 1. The fourth-order valence-corrected chi connectivity index (χ4v) is 2.35. The molecule has 2 nitrogen and oxygen atoms in total. The van der Waals surface area contributed by atoms with Crippen LogP contribution in [0.25, 0.3) is 0 Å². The minimum atomic E-state index is 0.625. The molecule has 3 aromatic rings. The molecule has 0 fully saturated rings. The number of aryl methyl sites for hydroxylation is 1. The van der Waals surface area contributed by atoms with Crippen LogP contribution < -0.4 is 5.32 Å². The van der Waals surface area contributed by atoms with E-state index in [-0.39, 0.29) is 0 Å². The van der Waals surface area contributed by atoms with Crippen molar-refractivity contribution in [3.8, 4) is 0 Å². The van der Waals surface area contributed by atoms with Crippen LogP contribution in [0.1, 0.15) is 16.7 Å². The van der Waals surface area contributed by atoms with E-state index in [1.165, 1.54) is 16.7 Å². The summed E-state index contributed by atoms with van der Waals surface area (Å²) in [6, 6.07) is 27.0. The summed E-state index contributed by atoms with van der Waals surface area (Å²) in [6.45, 7) is 3.36. The lowest BCUT2D eigenvalue weighted by atomic mass is 10.2. The zero-order chi connectivity index (χ0) is 15.9. The Morgan fingerprint density at radius 2 is 1.17 bits per heavy atom. The number of anilines is 2. The molecule has 0 aliphatic carbocycles. The first-order valence-corrected chi connectivity index (χ1v) is 7.84. The second-order valence-corrected chi connectivity index (χ2v) is 5.67. The predicted octanol–water partition coefficient (Wildman–Crippen LogP) is 5.46. The van der Waals surface area contributed by atoms with Gasteiger partial charge >= 0.3 is 0 Å². The van der Waals surface area contributed by atoms with Gasteiger partial charge < -0.3 is 10.1 Å². The Morgan fingerprint density at radius 1 is 0.652 bits per heavy atom. The molecule has 0 aliphatic rings. The van der Waals surface area contributed by atoms with Crippen molar-refractivity contribution in [2.45, 2.75) is 20.1 Å². The molecule has 1 N–H and O–H groups in total. The highest BCUT2D eigenvalue weighted by atomic mass is 16.5. The van der Waals surface area contributed by atoms with Gasteiger partial charge in [-0.25, -0.2) is 0 Å². The van der Waals surface area contributed by atoms with Crippen LogP contribution >= 0.6 is 0 Å². The maximum Gasteiger partial charge on any atom is 0.0721 e. The second kappa shape index (κ2) is 7.61. The van der Waals surface area contributed by atoms with Gasteiger partial charge in [0.25, 0.3) is 0 Å². The zero-order valence-corrected chi connectivity index (χ0v) is 13.3. The van der Waals surface area contributed by atoms with Gasteiger partial charge in [0.15, 0.2) is 0 Å². The average Bonchev–Trinajstić information content (AvgIpc) is 2.59. The van der Waals surface area contributed by atoms with E-state index in [1.54, 1.807) is 0 Å². The minimum Gasteiger partial charge on any atom is -0.372 e. The van der Waals surface area contributed by atoms with Crippen molar-refractivity contribution in [2.75, 3.05) is 5.32 Å². The van der Waals surface area contributed by atoms with Crippen LogP contribution in [0, 0.1) is 6.92 Å². The molecule has 3 rings (SSSR count). The van der Waals surface area contributed by atoms with E-state index in [1.807, 2.05) is 18.2 Å². The molecule has 3 aromatic carbocycles. The maximum absolute atomic E-state index is 5.76. The highest BCUT2D eigenvalue weighted by Gasteiger charge is 1.98. The Labute approximate surface area is 137 Å². The smallest absolute Gasteiger partial charge is 0.0721 e. The van der Waals surface area contributed by atoms with Crippen LogP contribution in [0.2, 0.25) is 0 Å². The van der Waals surface area contributed by atoms with Crippen molar-refractivity contribution >= 4 is 11.4 Å². The van der Waals surface area contributed by atoms with Gasteiger partial charge in [-0.3, -0.25) is 0 Å². The maximum atomic E-state index is 5.76. The second-order valence-electron chi connectivity index (χ2n) is 5.67. The topological polar surface area (TPSA) is 21.3 Å². The summed E-state index contributed by atoms with van der Waals surface area (Å²) in [5.41, 5.74) is 5.83. The lowest BCUT2D eigenvalue weighted by molar-refractivity contribution is 0.107. The number of benzene rings is 3. The molecule has 0 amide bonds. The molecule has 0 aromatic heterocycles. The van der Waals surface area contributed by atoms with Crippen LogP contribution in [-0.2, 0) is 18.0 Å². The van der Waals surface area contributed by atoms with Crippen LogP contribution in [0.5, 0.6) is 0 Å². The Morgan fingerprint density at radius 3 is 1.78 bits per heavy atom. The van der Waals surface area contributed by atoms with Crippen LogP contribution in [0.4, 0.5) is 11.4 Å². The highest BCUT2D eigenvalue weighted by Crippen LogP contribution is 2.18. The molecule has 0 aliphatic heterocycles. The van der Waals surface area contributed by atoms with Gasteiger partial charge in [-0.15, -0.1) is 0 Å². The molecule has 2 heteroatoms. The third kappa shape index (κ3) is 4.70. The Balaban J connectivity index is 1.51. The van der Waals surface area contributed by atoms with Crippen molar-refractivity contribution in [3.05, 3.63) is 95.6 Å². The van der Waals surface area contributed by atoms with Crippen LogP contribution in [0.3, 0.4) is 0 Å². The molecule has 0 radical (unpaired) electrons. The molecule has 23 heavy (non-hydrogen) atoms. The lowest BCUT2D eigenvalue weighted by Crippen LogP contribution is -1.95. The van der Waals surface area contributed by atoms with Crippen molar-refractivity contribution in [1.82, 2.24) is 0 Å². The molecule has 0 unspecified atom stereocenters. The van der Waals surface area contributed by atoms with Gasteiger partial charge in [-0.1, -0.05) is 60.2 Å². The van der Waals surface area contributed by atoms with E-state index in [2.05, 4.69) is 72.9 Å². The molecule has 0 saturated heterocycles. The van der Waals surface area contributed by atoms with E-state index >= 15 is 0 Å². The highest BCUT2D eigenvalue weighted by molar-refractivity contribution is 5.59. The SMILES string of the molecule is Cc1ccc(Nc2ccc(COCc3ccccc3)cc2)cc1. The summed E-state index contributed by atoms with van der Waals surface area (Å²) in [6.07, 6.45) is 0. The van der Waals surface area contributed by atoms with E-state index in [0.717, 1.165) is 11.4 Å². The van der Waals surface area contributed by atoms with Gasteiger partial charge in [0.2, 0.25) is 0 Å². The Kier molecular flexibility index (Phi) is 5.07. The van der Waals surface area contributed by atoms with Crippen LogP contribution in [-0.4, -0.2) is 0 Å². The minimum absolute atomic E-state index is 0.625. The van der Waals surface area contributed by atoms with E-state index in [0.29, 0.717) is 13.2 Å². The first-order chi connectivity index (χ1) is 11.3. The Bertz CT molecular complexity index is 718. The lowest BCUT2D eigenvalue weighted by Gasteiger charge is -2.08. The van der Waals surface area contributed by atoms with Crippen molar-refractivity contribution < 1.29 is 4.74 Å². The number of ether oxygens (including phenoxy) is 1. The van der Waals surface area contributed by atoms with Gasteiger partial charge in [0.1, 0.15) is 0 Å². The first-order valence-electron chi connectivity index (χ1n) is 7.84. The number of hydrogen-bond acceptors (Lipinski definition) is 2. The molecule has 0 atom stereocenters. The van der Waals surface area contributed by atoms with E-state index < -0.39 is 0 Å². The standard InChI is InChI=1S/C21H21NO/c1-17-7-11-20(12-8-17)22-21-13-9-19(10-14-21)16-23-15-18-5-3-2-4-6-18/h2-14,22H,15-16H2,1H3.